The van der Waals surface area contributed by atoms with E-state index in [2.05, 4.69) is 5.32 Å². The van der Waals surface area contributed by atoms with Crippen LogP contribution in [0.3, 0.4) is 0 Å². The van der Waals surface area contributed by atoms with E-state index in [-0.39, 0.29) is 24.3 Å². The van der Waals surface area contributed by atoms with E-state index in [1.807, 2.05) is 56.3 Å². The molecule has 0 saturated carbocycles. The summed E-state index contributed by atoms with van der Waals surface area (Å²) >= 11 is 0. The normalized spacial score (nSPS) is 25.3. The average Bonchev–Trinajstić information content (AvgIpc) is 3.36. The number of methoxy groups -OCH3 is 3. The fourth-order valence-corrected chi connectivity index (χ4v) is 5.86. The summed E-state index contributed by atoms with van der Waals surface area (Å²) in [7, 11) is 4.53. The quantitative estimate of drug-likeness (QED) is 0.443. The van der Waals surface area contributed by atoms with Gasteiger partial charge in [-0.1, -0.05) is 38.1 Å². The predicted octanol–water partition coefficient (Wildman–Crippen LogP) is 3.59. The van der Waals surface area contributed by atoms with E-state index in [1.54, 1.807) is 21.1 Å². The molecule has 4 rings (SSSR count). The van der Waals surface area contributed by atoms with Gasteiger partial charge in [0, 0.05) is 18.2 Å². The number of imide groups is 1. The monoisotopic (exact) mass is 494 g/mol. The Balaban J connectivity index is 1.81. The van der Waals surface area contributed by atoms with Crippen LogP contribution in [0.25, 0.3) is 11.1 Å². The number of carbonyl (C=O) groups excluding carboxylic acids is 3. The fourth-order valence-electron chi connectivity index (χ4n) is 5.86. The maximum absolute atomic E-state index is 13.5. The van der Waals surface area contributed by atoms with Crippen LogP contribution in [0.5, 0.6) is 11.5 Å². The predicted molar refractivity (Wildman–Crippen MR) is 134 cm³/mol. The molecular formula is C28H34N2O6. The number of rotatable bonds is 8. The second-order valence-corrected chi connectivity index (χ2v) is 9.80. The second-order valence-electron chi connectivity index (χ2n) is 9.80. The van der Waals surface area contributed by atoms with Gasteiger partial charge in [0.1, 0.15) is 17.0 Å². The Morgan fingerprint density at radius 3 is 2.28 bits per heavy atom. The molecule has 36 heavy (non-hydrogen) atoms. The maximum Gasteiger partial charge on any atom is 0.326 e. The van der Waals surface area contributed by atoms with E-state index in [4.69, 9.17) is 14.2 Å². The van der Waals surface area contributed by atoms with Crippen molar-refractivity contribution in [1.82, 2.24) is 10.2 Å². The molecule has 0 radical (unpaired) electrons. The largest absolute Gasteiger partial charge is 0.497 e. The SMILES string of the molecule is CCN1C(=O)[C@H]2[C@@H](c3ccc(-c4ccc(OC)cc4)c(OC)c3)N[C@@](CC(C)C)(C(=O)OC)[C@H]2C1=O. The molecule has 2 heterocycles. The first-order valence-corrected chi connectivity index (χ1v) is 12.3. The minimum atomic E-state index is -1.29. The summed E-state index contributed by atoms with van der Waals surface area (Å²) < 4.78 is 16.2. The molecule has 2 aromatic carbocycles. The molecule has 2 saturated heterocycles. The highest BCUT2D eigenvalue weighted by Gasteiger charge is 2.68. The van der Waals surface area contributed by atoms with Crippen molar-refractivity contribution in [2.24, 2.45) is 17.8 Å². The molecule has 8 heteroatoms. The number of ether oxygens (including phenoxy) is 3. The van der Waals surface area contributed by atoms with Crippen molar-refractivity contribution in [3.63, 3.8) is 0 Å². The molecule has 0 aliphatic carbocycles. The van der Waals surface area contributed by atoms with E-state index in [9.17, 15) is 14.4 Å². The molecule has 8 nitrogen and oxygen atoms in total. The summed E-state index contributed by atoms with van der Waals surface area (Å²) in [6, 6.07) is 12.8. The number of fused-ring (bicyclic) bond motifs is 1. The van der Waals surface area contributed by atoms with Crippen LogP contribution < -0.4 is 14.8 Å². The third-order valence-electron chi connectivity index (χ3n) is 7.33. The third-order valence-corrected chi connectivity index (χ3v) is 7.33. The molecule has 1 N–H and O–H groups in total. The smallest absolute Gasteiger partial charge is 0.326 e. The molecular weight excluding hydrogens is 460 g/mol. The first kappa shape index (κ1) is 25.7. The van der Waals surface area contributed by atoms with Gasteiger partial charge in [-0.3, -0.25) is 24.6 Å². The molecule has 0 unspecified atom stereocenters. The molecule has 0 spiro atoms. The van der Waals surface area contributed by atoms with E-state index in [0.717, 1.165) is 22.4 Å². The van der Waals surface area contributed by atoms with Crippen molar-refractivity contribution in [1.29, 1.82) is 0 Å². The van der Waals surface area contributed by atoms with Crippen molar-refractivity contribution in [3.8, 4) is 22.6 Å². The standard InChI is InChI=1S/C28H34N2O6/c1-7-30-25(31)22-23(26(30)32)28(15-16(2)3,27(33)36-6)29-24(22)18-10-13-20(21(14-18)35-5)17-8-11-19(34-4)12-9-17/h8-14,16,22-24,29H,7,15H2,1-6H3/t22-,23-,24-,28-/m1/s1. The van der Waals surface area contributed by atoms with Gasteiger partial charge in [-0.05, 0) is 48.6 Å². The highest BCUT2D eigenvalue weighted by molar-refractivity contribution is 6.09. The van der Waals surface area contributed by atoms with Crippen LogP contribution in [-0.2, 0) is 19.1 Å². The number of esters is 1. The van der Waals surface area contributed by atoms with Gasteiger partial charge in [0.05, 0.1) is 33.2 Å². The summed E-state index contributed by atoms with van der Waals surface area (Å²) in [6.45, 7) is 6.00. The van der Waals surface area contributed by atoms with Gasteiger partial charge in [0.25, 0.3) is 0 Å². The number of carbonyl (C=O) groups is 3. The molecule has 2 fully saturated rings. The van der Waals surface area contributed by atoms with Crippen molar-refractivity contribution < 1.29 is 28.6 Å². The summed E-state index contributed by atoms with van der Waals surface area (Å²) in [5.74, 6) is -1.20. The Morgan fingerprint density at radius 2 is 1.72 bits per heavy atom. The Bertz CT molecular complexity index is 1160. The lowest BCUT2D eigenvalue weighted by atomic mass is 9.75. The molecule has 2 aliphatic heterocycles. The zero-order chi connectivity index (χ0) is 26.2. The molecule has 4 atom stereocenters. The topological polar surface area (TPSA) is 94.2 Å². The number of nitrogens with one attached hydrogen (secondary N) is 1. The summed E-state index contributed by atoms with van der Waals surface area (Å²) in [5.41, 5.74) is 1.30. The lowest BCUT2D eigenvalue weighted by Gasteiger charge is -2.33. The van der Waals surface area contributed by atoms with Crippen molar-refractivity contribution in [2.75, 3.05) is 27.9 Å². The van der Waals surface area contributed by atoms with Crippen LogP contribution in [0.1, 0.15) is 38.8 Å². The molecule has 2 amide bonds. The molecule has 0 bridgehead atoms. The number of hydrogen-bond donors (Lipinski definition) is 1. The van der Waals surface area contributed by atoms with Crippen LogP contribution in [0.15, 0.2) is 42.5 Å². The zero-order valence-corrected chi connectivity index (χ0v) is 21.7. The van der Waals surface area contributed by atoms with Crippen LogP contribution >= 0.6 is 0 Å². The number of likely N-dealkylation sites (tertiary alicyclic amines) is 1. The van der Waals surface area contributed by atoms with Crippen LogP contribution in [0.2, 0.25) is 0 Å². The lowest BCUT2D eigenvalue weighted by Crippen LogP contribution is -2.57. The van der Waals surface area contributed by atoms with E-state index in [0.29, 0.717) is 12.2 Å². The molecule has 2 aliphatic rings. The highest BCUT2D eigenvalue weighted by Crippen LogP contribution is 2.52. The average molecular weight is 495 g/mol. The van der Waals surface area contributed by atoms with Gasteiger partial charge in [-0.25, -0.2) is 0 Å². The van der Waals surface area contributed by atoms with Crippen LogP contribution in [0, 0.1) is 17.8 Å². The number of amides is 2. The Kier molecular flexibility index (Phi) is 7.09. The highest BCUT2D eigenvalue weighted by atomic mass is 16.5. The minimum Gasteiger partial charge on any atom is -0.497 e. The lowest BCUT2D eigenvalue weighted by molar-refractivity contribution is -0.155. The summed E-state index contributed by atoms with van der Waals surface area (Å²) in [5, 5.41) is 3.42. The zero-order valence-electron chi connectivity index (χ0n) is 21.7. The van der Waals surface area contributed by atoms with Gasteiger partial charge >= 0.3 is 5.97 Å². The van der Waals surface area contributed by atoms with Gasteiger partial charge < -0.3 is 14.2 Å². The number of nitrogens with zero attached hydrogens (tertiary/aromatic N) is 1. The first-order chi connectivity index (χ1) is 17.2. The van der Waals surface area contributed by atoms with Crippen molar-refractivity contribution in [2.45, 2.75) is 38.8 Å². The van der Waals surface area contributed by atoms with E-state index >= 15 is 0 Å². The second kappa shape index (κ2) is 9.93. The van der Waals surface area contributed by atoms with Gasteiger partial charge in [-0.2, -0.15) is 0 Å². The third kappa shape index (κ3) is 4.03. The minimum absolute atomic E-state index is 0.0848. The number of hydrogen-bond acceptors (Lipinski definition) is 7. The fraction of sp³-hybridized carbons (Fsp3) is 0.464. The Hall–Kier alpha value is -3.39. The van der Waals surface area contributed by atoms with E-state index < -0.39 is 29.4 Å². The van der Waals surface area contributed by atoms with Crippen molar-refractivity contribution in [3.05, 3.63) is 48.0 Å². The molecule has 0 aromatic heterocycles. The van der Waals surface area contributed by atoms with Crippen LogP contribution in [0.4, 0.5) is 0 Å². The van der Waals surface area contributed by atoms with Crippen molar-refractivity contribution >= 4 is 17.8 Å². The Morgan fingerprint density at radius 1 is 1.03 bits per heavy atom. The summed E-state index contributed by atoms with van der Waals surface area (Å²) in [4.78, 5) is 41.4. The maximum atomic E-state index is 13.5. The first-order valence-electron chi connectivity index (χ1n) is 12.3. The molecule has 192 valence electrons. The van der Waals surface area contributed by atoms with Gasteiger partial charge in [0.15, 0.2) is 0 Å². The van der Waals surface area contributed by atoms with Gasteiger partial charge in [0.2, 0.25) is 11.8 Å². The molecule has 2 aromatic rings. The summed E-state index contributed by atoms with van der Waals surface area (Å²) in [6.07, 6.45) is 0.370. The number of benzene rings is 2. The Labute approximate surface area is 211 Å². The van der Waals surface area contributed by atoms with E-state index in [1.165, 1.54) is 12.0 Å². The van der Waals surface area contributed by atoms with Gasteiger partial charge in [-0.15, -0.1) is 0 Å². The van der Waals surface area contributed by atoms with Crippen LogP contribution in [-0.4, -0.2) is 56.1 Å².